The Bertz CT molecular complexity index is 879. The Kier molecular flexibility index (Phi) is 5.31. The van der Waals surface area contributed by atoms with Gasteiger partial charge in [-0.05, 0) is 25.0 Å². The van der Waals surface area contributed by atoms with Crippen LogP contribution in [0.3, 0.4) is 0 Å². The SMILES string of the molecule is O=C(CN1CCN(c2ccc3c(c2)OCO3)C1=O)N1CCN(C(=O)C2CCCO2)CC1. The third kappa shape index (κ3) is 3.87. The minimum absolute atomic E-state index is 0.0266. The van der Waals surface area contributed by atoms with Gasteiger partial charge in [0.05, 0.1) is 0 Å². The Labute approximate surface area is 180 Å². The summed E-state index contributed by atoms with van der Waals surface area (Å²) >= 11 is 0. The standard InChI is InChI=1S/C21H26N4O6/c26-19(22-5-7-23(8-6-22)20(27)17-2-1-11-29-17)13-24-9-10-25(21(24)28)15-3-4-16-18(12-15)31-14-30-16/h3-4,12,17H,1-2,5-11,13-14H2. The maximum atomic E-state index is 12.9. The lowest BCUT2D eigenvalue weighted by molar-refractivity contribution is -0.146. The van der Waals surface area contributed by atoms with E-state index < -0.39 is 0 Å². The number of carbonyl (C=O) groups excluding carboxylic acids is 3. The van der Waals surface area contributed by atoms with Crippen molar-refractivity contribution in [2.24, 2.45) is 0 Å². The van der Waals surface area contributed by atoms with Gasteiger partial charge < -0.3 is 28.9 Å². The molecule has 10 nitrogen and oxygen atoms in total. The van der Waals surface area contributed by atoms with Gasteiger partial charge in [0.1, 0.15) is 12.6 Å². The Balaban J connectivity index is 1.13. The van der Waals surface area contributed by atoms with Crippen molar-refractivity contribution in [1.82, 2.24) is 14.7 Å². The van der Waals surface area contributed by atoms with E-state index in [4.69, 9.17) is 14.2 Å². The van der Waals surface area contributed by atoms with E-state index in [1.54, 1.807) is 31.7 Å². The predicted octanol–water partition coefficient (Wildman–Crippen LogP) is 0.507. The van der Waals surface area contributed by atoms with Gasteiger partial charge in [0.15, 0.2) is 11.5 Å². The lowest BCUT2D eigenvalue weighted by Gasteiger charge is -2.36. The maximum Gasteiger partial charge on any atom is 0.325 e. The molecule has 1 unspecified atom stereocenters. The number of anilines is 1. The number of carbonyl (C=O) groups is 3. The zero-order chi connectivity index (χ0) is 21.4. The van der Waals surface area contributed by atoms with Crippen molar-refractivity contribution in [1.29, 1.82) is 0 Å². The van der Waals surface area contributed by atoms with Crippen LogP contribution in [0.25, 0.3) is 0 Å². The Morgan fingerprint density at radius 3 is 2.52 bits per heavy atom. The van der Waals surface area contributed by atoms with E-state index in [-0.39, 0.29) is 37.3 Å². The number of piperazine rings is 1. The van der Waals surface area contributed by atoms with Crippen molar-refractivity contribution < 1.29 is 28.6 Å². The summed E-state index contributed by atoms with van der Waals surface area (Å²) in [6.45, 7) is 3.81. The first-order valence-corrected chi connectivity index (χ1v) is 10.7. The summed E-state index contributed by atoms with van der Waals surface area (Å²) in [5.41, 5.74) is 0.727. The van der Waals surface area contributed by atoms with Crippen molar-refractivity contribution in [3.8, 4) is 11.5 Å². The van der Waals surface area contributed by atoms with Gasteiger partial charge in [0.25, 0.3) is 5.91 Å². The van der Waals surface area contributed by atoms with Crippen molar-refractivity contribution >= 4 is 23.5 Å². The first kappa shape index (κ1) is 19.9. The Morgan fingerprint density at radius 1 is 0.968 bits per heavy atom. The van der Waals surface area contributed by atoms with Crippen LogP contribution in [-0.4, -0.2) is 97.9 Å². The first-order chi connectivity index (χ1) is 15.1. The zero-order valence-corrected chi connectivity index (χ0v) is 17.3. The molecule has 0 radical (unpaired) electrons. The Hall–Kier alpha value is -3.01. The number of amides is 4. The van der Waals surface area contributed by atoms with Crippen molar-refractivity contribution in [2.75, 3.05) is 64.1 Å². The van der Waals surface area contributed by atoms with Gasteiger partial charge in [-0.2, -0.15) is 0 Å². The van der Waals surface area contributed by atoms with Crippen LogP contribution in [-0.2, 0) is 14.3 Å². The van der Waals surface area contributed by atoms with Gasteiger partial charge in [-0.25, -0.2) is 4.79 Å². The molecule has 4 aliphatic rings. The van der Waals surface area contributed by atoms with Crippen LogP contribution >= 0.6 is 0 Å². The monoisotopic (exact) mass is 430 g/mol. The number of benzene rings is 1. The highest BCUT2D eigenvalue weighted by Crippen LogP contribution is 2.36. The second-order valence-electron chi connectivity index (χ2n) is 8.10. The average molecular weight is 430 g/mol. The average Bonchev–Trinajstić information content (AvgIpc) is 3.55. The minimum Gasteiger partial charge on any atom is -0.454 e. The maximum absolute atomic E-state index is 12.9. The van der Waals surface area contributed by atoms with E-state index in [1.807, 2.05) is 6.07 Å². The molecule has 0 aliphatic carbocycles. The number of ether oxygens (including phenoxy) is 3. The quantitative estimate of drug-likeness (QED) is 0.691. The molecule has 166 valence electrons. The molecule has 0 spiro atoms. The molecule has 3 fully saturated rings. The molecule has 0 N–H and O–H groups in total. The summed E-state index contributed by atoms with van der Waals surface area (Å²) in [5, 5.41) is 0. The molecule has 3 saturated heterocycles. The molecule has 10 heteroatoms. The first-order valence-electron chi connectivity index (χ1n) is 10.7. The summed E-state index contributed by atoms with van der Waals surface area (Å²) in [6, 6.07) is 5.20. The minimum atomic E-state index is -0.327. The van der Waals surface area contributed by atoms with Crippen LogP contribution in [0.5, 0.6) is 11.5 Å². The van der Waals surface area contributed by atoms with Crippen LogP contribution in [0, 0.1) is 0 Å². The lowest BCUT2D eigenvalue weighted by Crippen LogP contribution is -2.54. The van der Waals surface area contributed by atoms with Crippen LogP contribution < -0.4 is 14.4 Å². The fourth-order valence-electron chi connectivity index (χ4n) is 4.44. The molecule has 1 aromatic carbocycles. The summed E-state index contributed by atoms with van der Waals surface area (Å²) in [7, 11) is 0. The van der Waals surface area contributed by atoms with Crippen LogP contribution in [0.15, 0.2) is 18.2 Å². The van der Waals surface area contributed by atoms with E-state index in [0.29, 0.717) is 57.4 Å². The highest BCUT2D eigenvalue weighted by molar-refractivity contribution is 5.96. The van der Waals surface area contributed by atoms with Gasteiger partial charge in [0.2, 0.25) is 12.7 Å². The lowest BCUT2D eigenvalue weighted by atomic mass is 10.2. The number of urea groups is 1. The van der Waals surface area contributed by atoms with Gasteiger partial charge >= 0.3 is 6.03 Å². The van der Waals surface area contributed by atoms with E-state index in [1.165, 1.54) is 0 Å². The summed E-state index contributed by atoms with van der Waals surface area (Å²) < 4.78 is 16.2. The fraction of sp³-hybridized carbons (Fsp3) is 0.571. The molecule has 4 heterocycles. The molecule has 0 saturated carbocycles. The second kappa shape index (κ2) is 8.26. The van der Waals surface area contributed by atoms with Gasteiger partial charge in [-0.1, -0.05) is 0 Å². The normalized spacial score (nSPS) is 23.1. The number of fused-ring (bicyclic) bond motifs is 1. The number of nitrogens with zero attached hydrogens (tertiary/aromatic N) is 4. The summed E-state index contributed by atoms with van der Waals surface area (Å²) in [5.74, 6) is 1.22. The van der Waals surface area contributed by atoms with Gasteiger partial charge in [-0.3, -0.25) is 14.5 Å². The number of hydrogen-bond donors (Lipinski definition) is 0. The molecule has 31 heavy (non-hydrogen) atoms. The predicted molar refractivity (Wildman–Crippen MR) is 109 cm³/mol. The molecule has 0 bridgehead atoms. The van der Waals surface area contributed by atoms with E-state index >= 15 is 0 Å². The zero-order valence-electron chi connectivity index (χ0n) is 17.3. The third-order valence-corrected chi connectivity index (χ3v) is 6.24. The topological polar surface area (TPSA) is 91.9 Å². The van der Waals surface area contributed by atoms with Crippen LogP contribution in [0.1, 0.15) is 12.8 Å². The van der Waals surface area contributed by atoms with Crippen LogP contribution in [0.4, 0.5) is 10.5 Å². The molecule has 1 aromatic rings. The number of hydrogen-bond acceptors (Lipinski definition) is 6. The van der Waals surface area contributed by atoms with E-state index in [2.05, 4.69) is 0 Å². The van der Waals surface area contributed by atoms with Crippen molar-refractivity contribution in [3.63, 3.8) is 0 Å². The molecule has 4 aliphatic heterocycles. The van der Waals surface area contributed by atoms with Crippen molar-refractivity contribution in [3.05, 3.63) is 18.2 Å². The van der Waals surface area contributed by atoms with Crippen molar-refractivity contribution in [2.45, 2.75) is 18.9 Å². The highest BCUT2D eigenvalue weighted by atomic mass is 16.7. The summed E-state index contributed by atoms with van der Waals surface area (Å²) in [6.07, 6.45) is 1.36. The molecule has 1 atom stereocenters. The van der Waals surface area contributed by atoms with Gasteiger partial charge in [0, 0.05) is 57.6 Å². The second-order valence-corrected chi connectivity index (χ2v) is 8.10. The van der Waals surface area contributed by atoms with Gasteiger partial charge in [-0.15, -0.1) is 0 Å². The molecular weight excluding hydrogens is 404 g/mol. The smallest absolute Gasteiger partial charge is 0.325 e. The molecule has 5 rings (SSSR count). The largest absolute Gasteiger partial charge is 0.454 e. The van der Waals surface area contributed by atoms with E-state index in [0.717, 1.165) is 18.5 Å². The molecular formula is C21H26N4O6. The molecule has 0 aromatic heterocycles. The summed E-state index contributed by atoms with van der Waals surface area (Å²) in [4.78, 5) is 44.8. The third-order valence-electron chi connectivity index (χ3n) is 6.24. The van der Waals surface area contributed by atoms with Crippen LogP contribution in [0.2, 0.25) is 0 Å². The van der Waals surface area contributed by atoms with E-state index in [9.17, 15) is 14.4 Å². The fourth-order valence-corrected chi connectivity index (χ4v) is 4.44. The molecule has 4 amide bonds. The number of rotatable bonds is 4. The Morgan fingerprint density at radius 2 is 1.74 bits per heavy atom. The highest BCUT2D eigenvalue weighted by Gasteiger charge is 2.35.